The number of halogens is 1. The zero-order chi connectivity index (χ0) is 18.7. The molecule has 1 aliphatic rings. The normalized spacial score (nSPS) is 14.2. The summed E-state index contributed by atoms with van der Waals surface area (Å²) in [5.41, 5.74) is 3.06. The molecule has 0 atom stereocenters. The molecule has 0 radical (unpaired) electrons. The summed E-state index contributed by atoms with van der Waals surface area (Å²) in [5, 5.41) is 8.29. The lowest BCUT2D eigenvalue weighted by Gasteiger charge is -2.29. The lowest BCUT2D eigenvalue weighted by atomic mass is 9.85. The molecule has 7 nitrogen and oxygen atoms in total. The summed E-state index contributed by atoms with van der Waals surface area (Å²) < 4.78 is 8.09. The SMILES string of the molecule is CCc1nc(-c2nnn(C)c2COC(=O)N(C)CC2CCC2)ccc1Br. The Morgan fingerprint density at radius 3 is 2.85 bits per heavy atom. The van der Waals surface area contributed by atoms with E-state index in [9.17, 15) is 4.79 Å². The molecule has 140 valence electrons. The Morgan fingerprint density at radius 1 is 1.42 bits per heavy atom. The molecule has 26 heavy (non-hydrogen) atoms. The topological polar surface area (TPSA) is 73.1 Å². The van der Waals surface area contributed by atoms with Gasteiger partial charge in [-0.1, -0.05) is 18.6 Å². The van der Waals surface area contributed by atoms with Gasteiger partial charge in [0.15, 0.2) is 0 Å². The van der Waals surface area contributed by atoms with Crippen molar-refractivity contribution >= 4 is 22.0 Å². The number of ether oxygens (including phenoxy) is 1. The summed E-state index contributed by atoms with van der Waals surface area (Å²) in [6.45, 7) is 2.92. The van der Waals surface area contributed by atoms with Gasteiger partial charge in [-0.3, -0.25) is 0 Å². The summed E-state index contributed by atoms with van der Waals surface area (Å²) in [4.78, 5) is 18.5. The summed E-state index contributed by atoms with van der Waals surface area (Å²) in [7, 11) is 3.57. The van der Waals surface area contributed by atoms with Gasteiger partial charge in [-0.25, -0.2) is 14.5 Å². The summed E-state index contributed by atoms with van der Waals surface area (Å²) in [6, 6.07) is 3.85. The minimum Gasteiger partial charge on any atom is -0.443 e. The molecule has 1 fully saturated rings. The zero-order valence-corrected chi connectivity index (χ0v) is 17.0. The minimum atomic E-state index is -0.318. The van der Waals surface area contributed by atoms with Gasteiger partial charge in [-0.05, 0) is 53.2 Å². The fraction of sp³-hybridized carbons (Fsp3) is 0.556. The first kappa shape index (κ1) is 18.8. The number of hydrogen-bond donors (Lipinski definition) is 0. The van der Waals surface area contributed by atoms with Crippen LogP contribution in [0, 0.1) is 5.92 Å². The molecule has 1 amide bonds. The molecule has 0 aromatic carbocycles. The first-order chi connectivity index (χ1) is 12.5. The number of amides is 1. The third kappa shape index (κ3) is 4.06. The van der Waals surface area contributed by atoms with Crippen LogP contribution >= 0.6 is 15.9 Å². The molecule has 0 saturated heterocycles. The van der Waals surface area contributed by atoms with Crippen molar-refractivity contribution < 1.29 is 9.53 Å². The Morgan fingerprint density at radius 2 is 2.19 bits per heavy atom. The predicted octanol–water partition coefficient (Wildman–Crippen LogP) is 3.57. The maximum Gasteiger partial charge on any atom is 0.409 e. The van der Waals surface area contributed by atoms with Crippen LogP contribution in [-0.4, -0.2) is 44.6 Å². The molecule has 1 saturated carbocycles. The van der Waals surface area contributed by atoms with E-state index in [2.05, 4.69) is 31.2 Å². The van der Waals surface area contributed by atoms with Gasteiger partial charge in [0.2, 0.25) is 0 Å². The van der Waals surface area contributed by atoms with Gasteiger partial charge in [-0.2, -0.15) is 0 Å². The molecule has 2 aromatic heterocycles. The predicted molar refractivity (Wildman–Crippen MR) is 101 cm³/mol. The van der Waals surface area contributed by atoms with E-state index in [4.69, 9.17) is 4.74 Å². The van der Waals surface area contributed by atoms with Gasteiger partial charge in [0.1, 0.15) is 18.0 Å². The van der Waals surface area contributed by atoms with E-state index in [1.807, 2.05) is 19.1 Å². The molecule has 2 aromatic rings. The third-order valence-electron chi connectivity index (χ3n) is 4.84. The van der Waals surface area contributed by atoms with Gasteiger partial charge >= 0.3 is 6.09 Å². The lowest BCUT2D eigenvalue weighted by molar-refractivity contribution is 0.0913. The van der Waals surface area contributed by atoms with Crippen LogP contribution in [0.15, 0.2) is 16.6 Å². The molecule has 0 N–H and O–H groups in total. The average molecular weight is 422 g/mol. The highest BCUT2D eigenvalue weighted by Gasteiger charge is 2.23. The largest absolute Gasteiger partial charge is 0.443 e. The highest BCUT2D eigenvalue weighted by atomic mass is 79.9. The Balaban J connectivity index is 1.70. The van der Waals surface area contributed by atoms with Crippen LogP contribution in [0.2, 0.25) is 0 Å². The van der Waals surface area contributed by atoms with Crippen LogP contribution in [0.3, 0.4) is 0 Å². The Labute approximate surface area is 161 Å². The van der Waals surface area contributed by atoms with Crippen molar-refractivity contribution in [3.05, 3.63) is 28.0 Å². The van der Waals surface area contributed by atoms with E-state index >= 15 is 0 Å². The molecule has 0 bridgehead atoms. The number of aromatic nitrogens is 4. The smallest absolute Gasteiger partial charge is 0.409 e. The molecule has 0 aliphatic heterocycles. The van der Waals surface area contributed by atoms with Crippen molar-refractivity contribution in [1.82, 2.24) is 24.9 Å². The van der Waals surface area contributed by atoms with Gasteiger partial charge in [0.25, 0.3) is 0 Å². The number of rotatable bonds is 6. The van der Waals surface area contributed by atoms with Crippen molar-refractivity contribution in [2.45, 2.75) is 39.2 Å². The van der Waals surface area contributed by atoms with Crippen molar-refractivity contribution in [1.29, 1.82) is 0 Å². The molecular weight excluding hydrogens is 398 g/mol. The molecule has 0 spiro atoms. The fourth-order valence-electron chi connectivity index (χ4n) is 2.98. The summed E-state index contributed by atoms with van der Waals surface area (Å²) >= 11 is 3.50. The van der Waals surface area contributed by atoms with Crippen LogP contribution in [0.4, 0.5) is 4.79 Å². The Bertz CT molecular complexity index is 788. The van der Waals surface area contributed by atoms with E-state index in [1.54, 1.807) is 23.7 Å². The van der Waals surface area contributed by atoms with E-state index in [1.165, 1.54) is 19.3 Å². The molecule has 0 unspecified atom stereocenters. The number of hydrogen-bond acceptors (Lipinski definition) is 5. The number of carbonyl (C=O) groups excluding carboxylic acids is 1. The van der Waals surface area contributed by atoms with Crippen LogP contribution in [0.1, 0.15) is 37.6 Å². The third-order valence-corrected chi connectivity index (χ3v) is 5.56. The standard InChI is InChI=1S/C18H24BrN5O2/c1-4-14-13(19)8-9-15(20-14)17-16(24(3)22-21-17)11-26-18(25)23(2)10-12-6-5-7-12/h8-9,12H,4-7,10-11H2,1-3H3. The highest BCUT2D eigenvalue weighted by molar-refractivity contribution is 9.10. The molecule has 2 heterocycles. The summed E-state index contributed by atoms with van der Waals surface area (Å²) in [5.74, 6) is 0.612. The van der Waals surface area contributed by atoms with E-state index in [0.717, 1.165) is 34.5 Å². The van der Waals surface area contributed by atoms with E-state index < -0.39 is 0 Å². The zero-order valence-electron chi connectivity index (χ0n) is 15.4. The number of aryl methyl sites for hydroxylation is 2. The second kappa shape index (κ2) is 8.16. The maximum atomic E-state index is 12.2. The van der Waals surface area contributed by atoms with Crippen molar-refractivity contribution in [3.63, 3.8) is 0 Å². The van der Waals surface area contributed by atoms with Crippen LogP contribution in [-0.2, 0) is 24.8 Å². The minimum absolute atomic E-state index is 0.117. The van der Waals surface area contributed by atoms with Crippen molar-refractivity contribution in [2.75, 3.05) is 13.6 Å². The molecular formula is C18H24BrN5O2. The highest BCUT2D eigenvalue weighted by Crippen LogP contribution is 2.27. The quantitative estimate of drug-likeness (QED) is 0.712. The van der Waals surface area contributed by atoms with Gasteiger partial charge < -0.3 is 9.64 Å². The summed E-state index contributed by atoms with van der Waals surface area (Å²) in [6.07, 6.45) is 4.15. The monoisotopic (exact) mass is 421 g/mol. The Kier molecular flexibility index (Phi) is 5.90. The number of nitrogens with zero attached hydrogens (tertiary/aromatic N) is 5. The van der Waals surface area contributed by atoms with Crippen molar-refractivity contribution in [3.8, 4) is 11.4 Å². The maximum absolute atomic E-state index is 12.2. The Hall–Kier alpha value is -1.96. The number of pyridine rings is 1. The van der Waals surface area contributed by atoms with Crippen LogP contribution < -0.4 is 0 Å². The van der Waals surface area contributed by atoms with E-state index in [-0.39, 0.29) is 12.7 Å². The van der Waals surface area contributed by atoms with Gasteiger partial charge in [-0.15, -0.1) is 5.10 Å². The van der Waals surface area contributed by atoms with Gasteiger partial charge in [0.05, 0.1) is 11.4 Å². The second-order valence-corrected chi connectivity index (χ2v) is 7.57. The molecule has 3 rings (SSSR count). The van der Waals surface area contributed by atoms with Crippen LogP contribution in [0.5, 0.6) is 0 Å². The van der Waals surface area contributed by atoms with Gasteiger partial charge in [0, 0.05) is 25.1 Å². The lowest BCUT2D eigenvalue weighted by Crippen LogP contribution is -2.34. The fourth-order valence-corrected chi connectivity index (χ4v) is 3.48. The second-order valence-electron chi connectivity index (χ2n) is 6.72. The average Bonchev–Trinajstić information content (AvgIpc) is 2.97. The first-order valence-electron chi connectivity index (χ1n) is 8.91. The molecule has 1 aliphatic carbocycles. The first-order valence-corrected chi connectivity index (χ1v) is 9.71. The molecule has 8 heteroatoms. The van der Waals surface area contributed by atoms with E-state index in [0.29, 0.717) is 11.6 Å². The number of carbonyl (C=O) groups is 1. The van der Waals surface area contributed by atoms with Crippen LogP contribution in [0.25, 0.3) is 11.4 Å². The van der Waals surface area contributed by atoms with Crippen molar-refractivity contribution in [2.24, 2.45) is 13.0 Å².